The fraction of sp³-hybridized carbons (Fsp3) is 0.400. The van der Waals surface area contributed by atoms with Gasteiger partial charge < -0.3 is 9.84 Å². The molecule has 0 aliphatic heterocycles. The second kappa shape index (κ2) is 8.25. The molecule has 0 unspecified atom stereocenters. The van der Waals surface area contributed by atoms with Crippen LogP contribution in [0.15, 0.2) is 24.3 Å². The third-order valence-electron chi connectivity index (χ3n) is 5.02. The number of benzene rings is 2. The van der Waals surface area contributed by atoms with E-state index in [0.29, 0.717) is 17.7 Å². The van der Waals surface area contributed by atoms with Crippen LogP contribution in [0.1, 0.15) is 42.7 Å². The van der Waals surface area contributed by atoms with E-state index < -0.39 is 41.4 Å². The average Bonchev–Trinajstić information content (AvgIpc) is 2.65. The Hall–Kier alpha value is -2.15. The molecule has 0 atom stereocenters. The highest BCUT2D eigenvalue weighted by atomic mass is 19.2. The lowest BCUT2D eigenvalue weighted by Crippen LogP contribution is -2.16. The summed E-state index contributed by atoms with van der Waals surface area (Å²) in [5.41, 5.74) is 0.434. The molecule has 3 rings (SSSR count). The highest BCUT2D eigenvalue weighted by Crippen LogP contribution is 2.37. The summed E-state index contributed by atoms with van der Waals surface area (Å²) in [5, 5.41) is 9.17. The summed E-state index contributed by atoms with van der Waals surface area (Å²) in [4.78, 5) is 0. The Bertz CT molecular complexity index is 770. The summed E-state index contributed by atoms with van der Waals surface area (Å²) in [7, 11) is 0. The molecule has 27 heavy (non-hydrogen) atoms. The molecule has 1 fully saturated rings. The molecule has 0 saturated heterocycles. The van der Waals surface area contributed by atoms with Crippen LogP contribution in [0.25, 0.3) is 0 Å². The first kappa shape index (κ1) is 19.6. The van der Waals surface area contributed by atoms with E-state index in [4.69, 9.17) is 4.74 Å². The molecule has 0 bridgehead atoms. The van der Waals surface area contributed by atoms with Crippen LogP contribution < -0.4 is 4.74 Å². The van der Waals surface area contributed by atoms with Gasteiger partial charge in [-0.3, -0.25) is 0 Å². The van der Waals surface area contributed by atoms with Crippen LogP contribution in [0, 0.1) is 35.0 Å². The fourth-order valence-corrected chi connectivity index (χ4v) is 3.48. The molecule has 1 N–H and O–H groups in total. The molecule has 1 aliphatic carbocycles. The average molecular weight is 386 g/mol. The molecule has 1 saturated carbocycles. The second-order valence-electron chi connectivity index (χ2n) is 6.88. The Labute approximate surface area is 153 Å². The summed E-state index contributed by atoms with van der Waals surface area (Å²) < 4.78 is 73.0. The number of aliphatic hydroxyl groups is 1. The first-order valence-electron chi connectivity index (χ1n) is 8.75. The number of aliphatic hydroxyl groups excluding tert-OH is 1. The standard InChI is InChI=1S/C20H19F5O2/c21-15-5-12(6-16(22)19(15)25)10-27-20-17(23)7-14(8-18(20)24)13-3-1-11(9-26)2-4-13/h5-8,11,13,26H,1-4,9-10H2. The molecule has 1 aliphatic rings. The summed E-state index contributed by atoms with van der Waals surface area (Å²) in [6.45, 7) is -0.393. The van der Waals surface area contributed by atoms with Crippen molar-refractivity contribution < 1.29 is 31.8 Å². The Kier molecular flexibility index (Phi) is 5.99. The predicted octanol–water partition coefficient (Wildman–Crippen LogP) is 5.23. The maximum Gasteiger partial charge on any atom is 0.194 e. The molecule has 2 nitrogen and oxygen atoms in total. The van der Waals surface area contributed by atoms with E-state index in [-0.39, 0.29) is 24.0 Å². The summed E-state index contributed by atoms with van der Waals surface area (Å²) >= 11 is 0. The smallest absolute Gasteiger partial charge is 0.194 e. The Morgan fingerprint density at radius 1 is 0.815 bits per heavy atom. The number of halogens is 5. The zero-order valence-electron chi connectivity index (χ0n) is 14.5. The molecular weight excluding hydrogens is 367 g/mol. The van der Waals surface area contributed by atoms with E-state index in [1.165, 1.54) is 12.1 Å². The molecule has 0 spiro atoms. The minimum atomic E-state index is -1.61. The number of ether oxygens (including phenoxy) is 1. The van der Waals surface area contributed by atoms with Gasteiger partial charge in [0.05, 0.1) is 0 Å². The topological polar surface area (TPSA) is 29.5 Å². The van der Waals surface area contributed by atoms with Gasteiger partial charge in [0.15, 0.2) is 34.8 Å². The van der Waals surface area contributed by atoms with E-state index in [1.807, 2.05) is 0 Å². The molecule has 0 aromatic heterocycles. The zero-order chi connectivity index (χ0) is 19.6. The zero-order valence-corrected chi connectivity index (χ0v) is 14.5. The lowest BCUT2D eigenvalue weighted by atomic mass is 9.79. The van der Waals surface area contributed by atoms with Crippen molar-refractivity contribution in [2.24, 2.45) is 5.92 Å². The van der Waals surface area contributed by atoms with Crippen LogP contribution in [-0.4, -0.2) is 11.7 Å². The Balaban J connectivity index is 1.72. The first-order chi connectivity index (χ1) is 12.9. The van der Waals surface area contributed by atoms with Gasteiger partial charge >= 0.3 is 0 Å². The maximum atomic E-state index is 14.3. The van der Waals surface area contributed by atoms with Crippen LogP contribution in [0.2, 0.25) is 0 Å². The van der Waals surface area contributed by atoms with Crippen LogP contribution in [0.4, 0.5) is 22.0 Å². The molecule has 2 aromatic rings. The molecular formula is C20H19F5O2. The van der Waals surface area contributed by atoms with Crippen molar-refractivity contribution in [2.75, 3.05) is 6.61 Å². The number of hydrogen-bond donors (Lipinski definition) is 1. The third kappa shape index (κ3) is 4.40. The minimum absolute atomic E-state index is 0.00569. The molecule has 0 heterocycles. The number of hydrogen-bond acceptors (Lipinski definition) is 2. The van der Waals surface area contributed by atoms with E-state index in [2.05, 4.69) is 0 Å². The van der Waals surface area contributed by atoms with Crippen molar-refractivity contribution in [2.45, 2.75) is 38.2 Å². The van der Waals surface area contributed by atoms with Gasteiger partial charge in [-0.05, 0) is 72.9 Å². The van der Waals surface area contributed by atoms with E-state index in [0.717, 1.165) is 25.7 Å². The first-order valence-corrected chi connectivity index (χ1v) is 8.75. The Morgan fingerprint density at radius 3 is 1.89 bits per heavy atom. The SMILES string of the molecule is OCC1CCC(c2cc(F)c(OCc3cc(F)c(F)c(F)c3)c(F)c2)CC1. The summed E-state index contributed by atoms with van der Waals surface area (Å²) in [6.07, 6.45) is 3.06. The molecule has 146 valence electrons. The van der Waals surface area contributed by atoms with Gasteiger partial charge in [0.25, 0.3) is 0 Å². The normalized spacial score (nSPS) is 19.9. The van der Waals surface area contributed by atoms with Crippen molar-refractivity contribution in [3.8, 4) is 5.75 Å². The van der Waals surface area contributed by atoms with Crippen molar-refractivity contribution in [3.05, 3.63) is 64.5 Å². The van der Waals surface area contributed by atoms with Gasteiger partial charge in [0.1, 0.15) is 6.61 Å². The summed E-state index contributed by atoms with van der Waals surface area (Å²) in [5.74, 6) is -6.63. The monoisotopic (exact) mass is 386 g/mol. The van der Waals surface area contributed by atoms with E-state index >= 15 is 0 Å². The second-order valence-corrected chi connectivity index (χ2v) is 6.88. The van der Waals surface area contributed by atoms with E-state index in [1.54, 1.807) is 0 Å². The number of rotatable bonds is 5. The van der Waals surface area contributed by atoms with Crippen LogP contribution in [0.3, 0.4) is 0 Å². The van der Waals surface area contributed by atoms with Crippen LogP contribution >= 0.6 is 0 Å². The predicted molar refractivity (Wildman–Crippen MR) is 88.8 cm³/mol. The Morgan fingerprint density at radius 2 is 1.37 bits per heavy atom. The minimum Gasteiger partial charge on any atom is -0.483 e. The van der Waals surface area contributed by atoms with Crippen molar-refractivity contribution >= 4 is 0 Å². The molecule has 0 amide bonds. The van der Waals surface area contributed by atoms with Crippen molar-refractivity contribution in [1.82, 2.24) is 0 Å². The van der Waals surface area contributed by atoms with Gasteiger partial charge in [-0.1, -0.05) is 0 Å². The van der Waals surface area contributed by atoms with Crippen molar-refractivity contribution in [3.63, 3.8) is 0 Å². The lowest BCUT2D eigenvalue weighted by Gasteiger charge is -2.27. The maximum absolute atomic E-state index is 14.3. The summed E-state index contributed by atoms with van der Waals surface area (Å²) in [6, 6.07) is 3.83. The van der Waals surface area contributed by atoms with Gasteiger partial charge in [0, 0.05) is 6.61 Å². The van der Waals surface area contributed by atoms with E-state index in [9.17, 15) is 27.1 Å². The largest absolute Gasteiger partial charge is 0.483 e. The van der Waals surface area contributed by atoms with Gasteiger partial charge in [0.2, 0.25) is 0 Å². The molecule has 0 radical (unpaired) electrons. The van der Waals surface area contributed by atoms with Gasteiger partial charge in [-0.25, -0.2) is 22.0 Å². The molecule has 2 aromatic carbocycles. The third-order valence-corrected chi connectivity index (χ3v) is 5.02. The highest BCUT2D eigenvalue weighted by Gasteiger charge is 2.24. The highest BCUT2D eigenvalue weighted by molar-refractivity contribution is 5.34. The quantitative estimate of drug-likeness (QED) is 0.563. The van der Waals surface area contributed by atoms with Gasteiger partial charge in [-0.15, -0.1) is 0 Å². The fourth-order valence-electron chi connectivity index (χ4n) is 3.48. The van der Waals surface area contributed by atoms with Crippen molar-refractivity contribution in [1.29, 1.82) is 0 Å². The van der Waals surface area contributed by atoms with Crippen LogP contribution in [0.5, 0.6) is 5.75 Å². The van der Waals surface area contributed by atoms with Crippen LogP contribution in [-0.2, 0) is 6.61 Å². The molecule has 7 heteroatoms. The van der Waals surface area contributed by atoms with Gasteiger partial charge in [-0.2, -0.15) is 0 Å². The lowest BCUT2D eigenvalue weighted by molar-refractivity contribution is 0.182.